The van der Waals surface area contributed by atoms with Crippen LogP contribution >= 0.6 is 10.8 Å². The minimum Gasteiger partial charge on any atom is -0.464 e. The zero-order valence-electron chi connectivity index (χ0n) is 16.4. The predicted octanol–water partition coefficient (Wildman–Crippen LogP) is 2.06. The minimum absolute atomic E-state index is 0.0108. The van der Waals surface area contributed by atoms with Crippen LogP contribution in [0.15, 0.2) is 10.6 Å². The molecule has 2 aliphatic heterocycles. The zero-order valence-corrected chi connectivity index (χ0v) is 19.2. The van der Waals surface area contributed by atoms with Crippen LogP contribution in [0.25, 0.3) is 0 Å². The second-order valence-electron chi connectivity index (χ2n) is 8.07. The molecule has 0 aliphatic carbocycles. The molecule has 0 radical (unpaired) electrons. The van der Waals surface area contributed by atoms with Crippen LogP contribution in [0.1, 0.15) is 34.6 Å². The first-order valence-electron chi connectivity index (χ1n) is 8.42. The largest absolute Gasteiger partial charge is 0.464 e. The fraction of sp³-hybridized carbons (Fsp3) is 0.750. The van der Waals surface area contributed by atoms with Crippen LogP contribution < -0.4 is 0 Å². The van der Waals surface area contributed by atoms with E-state index >= 15 is 0 Å². The van der Waals surface area contributed by atoms with Gasteiger partial charge >= 0.3 is 5.97 Å². The third-order valence-corrected chi connectivity index (χ3v) is 9.85. The van der Waals surface area contributed by atoms with Crippen molar-refractivity contribution in [3.05, 3.63) is 10.6 Å². The molecule has 148 valence electrons. The molecule has 0 N–H and O–H groups in total. The third-order valence-electron chi connectivity index (χ3n) is 5.10. The third kappa shape index (κ3) is 3.14. The summed E-state index contributed by atoms with van der Waals surface area (Å²) < 4.78 is 36.7. The standard InChI is InChI=1S/C16H27NO6S2Si/c1-9-11(14(19)22-6)17-12(18)10(13(17)25(20,21)24-9)16(5,15(2,3)4)23-26(7)8/h10,13,26H,1-8H3/t10-,13+,16?/m0/s1. The number of allylic oxidation sites excluding steroid dienone is 1. The number of hydrogen-bond donors (Lipinski definition) is 0. The highest BCUT2D eigenvalue weighted by atomic mass is 33.1. The number of carbonyl (C=O) groups excluding carboxylic acids is 2. The van der Waals surface area contributed by atoms with Gasteiger partial charge in [0, 0.05) is 15.7 Å². The second-order valence-corrected chi connectivity index (χ2v) is 14.5. The van der Waals surface area contributed by atoms with E-state index in [1.165, 1.54) is 14.0 Å². The SMILES string of the molecule is COC(=O)C1=C(C)SS(=O)(=O)[C@@H]2[C@@H](C(C)(O[SiH](C)C)C(C)(C)C)C(=O)N12. The molecule has 3 atom stereocenters. The highest BCUT2D eigenvalue weighted by Crippen LogP contribution is 2.55. The van der Waals surface area contributed by atoms with E-state index in [1.807, 2.05) is 40.8 Å². The fourth-order valence-corrected chi connectivity index (χ4v) is 9.02. The van der Waals surface area contributed by atoms with Crippen molar-refractivity contribution >= 4 is 40.6 Å². The summed E-state index contributed by atoms with van der Waals surface area (Å²) in [6.07, 6.45) is 0. The van der Waals surface area contributed by atoms with Crippen molar-refractivity contribution < 1.29 is 27.2 Å². The molecule has 26 heavy (non-hydrogen) atoms. The summed E-state index contributed by atoms with van der Waals surface area (Å²) >= 11 is 0. The van der Waals surface area contributed by atoms with E-state index in [0.29, 0.717) is 10.8 Å². The number of carbonyl (C=O) groups is 2. The van der Waals surface area contributed by atoms with Crippen LogP contribution in [-0.4, -0.2) is 52.3 Å². The summed E-state index contributed by atoms with van der Waals surface area (Å²) in [5.74, 6) is -1.99. The molecule has 10 heteroatoms. The number of methoxy groups -OCH3 is 1. The molecular weight excluding hydrogens is 394 g/mol. The molecule has 0 aromatic carbocycles. The van der Waals surface area contributed by atoms with Crippen molar-refractivity contribution in [2.75, 3.05) is 7.11 Å². The first-order valence-corrected chi connectivity index (χ1v) is 14.1. The summed E-state index contributed by atoms with van der Waals surface area (Å²) in [7, 11) is -3.47. The van der Waals surface area contributed by atoms with Gasteiger partial charge in [-0.15, -0.1) is 0 Å². The van der Waals surface area contributed by atoms with Gasteiger partial charge in [0.2, 0.25) is 14.8 Å². The Hall–Kier alpha value is -0.843. The van der Waals surface area contributed by atoms with Crippen molar-refractivity contribution in [3.8, 4) is 0 Å². The highest BCUT2D eigenvalue weighted by molar-refractivity contribution is 8.73. The lowest BCUT2D eigenvalue weighted by atomic mass is 9.66. The Morgan fingerprint density at radius 3 is 2.19 bits per heavy atom. The Bertz CT molecular complexity index is 770. The van der Waals surface area contributed by atoms with Crippen molar-refractivity contribution in [1.82, 2.24) is 4.90 Å². The molecule has 7 nitrogen and oxygen atoms in total. The van der Waals surface area contributed by atoms with E-state index in [-0.39, 0.29) is 10.6 Å². The molecule has 1 unspecified atom stereocenters. The normalized spacial score (nSPS) is 27.7. The van der Waals surface area contributed by atoms with E-state index in [0.717, 1.165) is 4.90 Å². The molecule has 2 rings (SSSR count). The van der Waals surface area contributed by atoms with Crippen molar-refractivity contribution in [3.63, 3.8) is 0 Å². The average molecular weight is 422 g/mol. The maximum absolute atomic E-state index is 13.1. The van der Waals surface area contributed by atoms with Gasteiger partial charge in [-0.05, 0) is 32.4 Å². The number of esters is 1. The van der Waals surface area contributed by atoms with E-state index in [2.05, 4.69) is 0 Å². The first-order chi connectivity index (χ1) is 11.7. The monoisotopic (exact) mass is 421 g/mol. The summed E-state index contributed by atoms with van der Waals surface area (Å²) in [5, 5.41) is -1.13. The summed E-state index contributed by atoms with van der Waals surface area (Å²) in [6, 6.07) is 0. The summed E-state index contributed by atoms with van der Waals surface area (Å²) in [6.45, 7) is 13.1. The molecule has 1 saturated heterocycles. The maximum Gasteiger partial charge on any atom is 0.355 e. The van der Waals surface area contributed by atoms with Crippen LogP contribution in [0, 0.1) is 11.3 Å². The number of fused-ring (bicyclic) bond motifs is 1. The van der Waals surface area contributed by atoms with Gasteiger partial charge in [-0.2, -0.15) is 0 Å². The minimum atomic E-state index is -3.72. The van der Waals surface area contributed by atoms with Gasteiger partial charge < -0.3 is 9.16 Å². The lowest BCUT2D eigenvalue weighted by Gasteiger charge is -2.58. The first kappa shape index (κ1) is 21.5. The van der Waals surface area contributed by atoms with Crippen LogP contribution in [-0.2, 0) is 27.6 Å². The molecular formula is C16H27NO6S2Si. The molecule has 0 bridgehead atoms. The van der Waals surface area contributed by atoms with Gasteiger partial charge in [-0.25, -0.2) is 13.2 Å². The summed E-state index contributed by atoms with van der Waals surface area (Å²) in [4.78, 5) is 26.6. The number of nitrogens with zero attached hydrogens (tertiary/aromatic N) is 1. The summed E-state index contributed by atoms with van der Waals surface area (Å²) in [5.41, 5.74) is -1.43. The second kappa shape index (κ2) is 6.64. The Labute approximate surface area is 160 Å². The topological polar surface area (TPSA) is 90.0 Å². The number of amides is 1. The molecule has 0 spiro atoms. The lowest BCUT2D eigenvalue weighted by molar-refractivity contribution is -0.175. The fourth-order valence-electron chi connectivity index (χ4n) is 3.48. The van der Waals surface area contributed by atoms with Gasteiger partial charge in [-0.3, -0.25) is 9.69 Å². The molecule has 0 saturated carbocycles. The highest BCUT2D eigenvalue weighted by Gasteiger charge is 2.68. The van der Waals surface area contributed by atoms with Crippen LogP contribution in [0.4, 0.5) is 0 Å². The molecule has 0 aromatic rings. The van der Waals surface area contributed by atoms with Gasteiger partial charge in [0.1, 0.15) is 11.6 Å². The van der Waals surface area contributed by atoms with Gasteiger partial charge in [-0.1, -0.05) is 20.8 Å². The quantitative estimate of drug-likeness (QED) is 0.297. The van der Waals surface area contributed by atoms with Crippen LogP contribution in [0.2, 0.25) is 13.1 Å². The van der Waals surface area contributed by atoms with E-state index < -0.39 is 52.1 Å². The van der Waals surface area contributed by atoms with Crippen molar-refractivity contribution in [2.45, 2.75) is 58.7 Å². The number of β-lactam (4-membered cyclic amide) rings is 1. The predicted molar refractivity (Wildman–Crippen MR) is 103 cm³/mol. The van der Waals surface area contributed by atoms with Crippen molar-refractivity contribution in [2.24, 2.45) is 11.3 Å². The van der Waals surface area contributed by atoms with E-state index in [9.17, 15) is 18.0 Å². The van der Waals surface area contributed by atoms with Gasteiger partial charge in [0.05, 0.1) is 12.7 Å². The van der Waals surface area contributed by atoms with Gasteiger partial charge in [0.25, 0.3) is 0 Å². The van der Waals surface area contributed by atoms with Crippen LogP contribution in [0.3, 0.4) is 0 Å². The Morgan fingerprint density at radius 1 is 1.23 bits per heavy atom. The van der Waals surface area contributed by atoms with E-state index in [4.69, 9.17) is 9.16 Å². The molecule has 2 aliphatic rings. The van der Waals surface area contributed by atoms with Crippen molar-refractivity contribution in [1.29, 1.82) is 0 Å². The lowest BCUT2D eigenvalue weighted by Crippen LogP contribution is -2.74. The zero-order chi connectivity index (χ0) is 20.2. The molecule has 2 heterocycles. The smallest absolute Gasteiger partial charge is 0.355 e. The Kier molecular flexibility index (Phi) is 5.48. The van der Waals surface area contributed by atoms with E-state index in [1.54, 1.807) is 0 Å². The number of hydrogen-bond acceptors (Lipinski definition) is 7. The molecule has 1 amide bonds. The maximum atomic E-state index is 13.1. The molecule has 0 aromatic heterocycles. The number of ether oxygens (including phenoxy) is 1. The van der Waals surface area contributed by atoms with Crippen LogP contribution in [0.5, 0.6) is 0 Å². The Morgan fingerprint density at radius 2 is 1.77 bits per heavy atom. The number of rotatable bonds is 4. The Balaban J connectivity index is 2.60. The molecule has 1 fully saturated rings. The van der Waals surface area contributed by atoms with Gasteiger partial charge in [0.15, 0.2) is 14.4 Å². The average Bonchev–Trinajstić information content (AvgIpc) is 2.45.